The number of aromatic amines is 1. The van der Waals surface area contributed by atoms with E-state index in [1.165, 1.54) is 17.8 Å². The molecule has 4 rings (SSSR count). The van der Waals surface area contributed by atoms with Gasteiger partial charge in [0, 0.05) is 48.6 Å². The smallest absolute Gasteiger partial charge is 0.360 e. The van der Waals surface area contributed by atoms with Gasteiger partial charge in [-0.05, 0) is 35.8 Å². The van der Waals surface area contributed by atoms with E-state index in [1.54, 1.807) is 4.90 Å². The topological polar surface area (TPSA) is 53.2 Å². The molecule has 2 heterocycles. The number of benzene rings is 2. The van der Waals surface area contributed by atoms with Gasteiger partial charge in [-0.1, -0.05) is 36.4 Å². The zero-order valence-electron chi connectivity index (χ0n) is 16.7. The van der Waals surface area contributed by atoms with Crippen molar-refractivity contribution in [3.8, 4) is 0 Å². The van der Waals surface area contributed by atoms with Crippen LogP contribution in [0.5, 0.6) is 0 Å². The molecule has 0 bridgehead atoms. The Balaban J connectivity index is 1.39. The molecule has 160 valence electrons. The van der Waals surface area contributed by atoms with Crippen molar-refractivity contribution in [2.45, 2.75) is 25.4 Å². The predicted molar refractivity (Wildman–Crippen MR) is 112 cm³/mol. The number of hydrogen-bond donors (Lipinski definition) is 1. The number of nitrogens with zero attached hydrogens (tertiary/aromatic N) is 1. The van der Waals surface area contributed by atoms with Crippen LogP contribution in [0.2, 0.25) is 0 Å². The van der Waals surface area contributed by atoms with E-state index in [1.807, 2.05) is 36.4 Å². The van der Waals surface area contributed by atoms with Crippen LogP contribution in [0.15, 0.2) is 60.8 Å². The average molecular weight is 426 g/mol. The van der Waals surface area contributed by atoms with Crippen molar-refractivity contribution in [1.29, 1.82) is 0 Å². The van der Waals surface area contributed by atoms with Gasteiger partial charge in [0.2, 0.25) is 5.91 Å². The van der Waals surface area contributed by atoms with Crippen LogP contribution in [0.4, 0.5) is 13.2 Å². The van der Waals surface area contributed by atoms with E-state index in [-0.39, 0.29) is 35.5 Å². The number of H-pyrrole nitrogens is 1. The highest BCUT2D eigenvalue weighted by molar-refractivity contribution is 6.08. The molecule has 1 aromatic heterocycles. The fourth-order valence-corrected chi connectivity index (χ4v) is 3.85. The molecule has 0 saturated heterocycles. The highest BCUT2D eigenvalue weighted by Crippen LogP contribution is 2.32. The van der Waals surface area contributed by atoms with Crippen molar-refractivity contribution in [3.63, 3.8) is 0 Å². The van der Waals surface area contributed by atoms with Crippen LogP contribution in [0, 0.1) is 0 Å². The fraction of sp³-hybridized carbons (Fsp3) is 0.250. The highest BCUT2D eigenvalue weighted by Gasteiger charge is 2.31. The number of ketones is 1. The minimum atomic E-state index is -4.48. The largest absolute Gasteiger partial charge is 0.416 e. The molecule has 1 aliphatic heterocycles. The molecule has 31 heavy (non-hydrogen) atoms. The molecule has 0 unspecified atom stereocenters. The third-order valence-electron chi connectivity index (χ3n) is 5.58. The summed E-state index contributed by atoms with van der Waals surface area (Å²) in [7, 11) is 0. The number of carbonyl (C=O) groups excluding carboxylic acids is 2. The number of nitrogens with one attached hydrogen (secondary N) is 1. The van der Waals surface area contributed by atoms with Gasteiger partial charge in [0.25, 0.3) is 0 Å². The van der Waals surface area contributed by atoms with Gasteiger partial charge in [0.05, 0.1) is 5.56 Å². The molecular weight excluding hydrogens is 405 g/mol. The molecule has 7 heteroatoms. The van der Waals surface area contributed by atoms with E-state index in [0.29, 0.717) is 18.6 Å². The minimum Gasteiger partial charge on any atom is -0.360 e. The number of fused-ring (bicyclic) bond motifs is 1. The van der Waals surface area contributed by atoms with Gasteiger partial charge in [-0.25, -0.2) is 0 Å². The molecule has 0 saturated carbocycles. The lowest BCUT2D eigenvalue weighted by Crippen LogP contribution is -2.34. The maximum atomic E-state index is 13.0. The maximum absolute atomic E-state index is 13.0. The molecule has 0 atom stereocenters. The van der Waals surface area contributed by atoms with Gasteiger partial charge in [-0.15, -0.1) is 0 Å². The summed E-state index contributed by atoms with van der Waals surface area (Å²) in [5.41, 5.74) is 2.16. The molecule has 0 radical (unpaired) electrons. The zero-order chi connectivity index (χ0) is 22.0. The second kappa shape index (κ2) is 8.41. The summed E-state index contributed by atoms with van der Waals surface area (Å²) in [4.78, 5) is 29.7. The number of aromatic nitrogens is 1. The van der Waals surface area contributed by atoms with Crippen LogP contribution in [-0.4, -0.2) is 34.7 Å². The third-order valence-corrected chi connectivity index (χ3v) is 5.58. The SMILES string of the molecule is O=C(CCC(=O)N1CC=C(c2ccccc2)CC1)c1c[nH]c2ccc(C(F)(F)F)cc12. The molecule has 1 aliphatic rings. The molecule has 0 fully saturated rings. The van der Waals surface area contributed by atoms with Gasteiger partial charge in [-0.2, -0.15) is 13.2 Å². The number of halogens is 3. The van der Waals surface area contributed by atoms with Crippen LogP contribution in [-0.2, 0) is 11.0 Å². The van der Waals surface area contributed by atoms with Gasteiger partial charge in [-0.3, -0.25) is 9.59 Å². The Morgan fingerprint density at radius 3 is 2.48 bits per heavy atom. The minimum absolute atomic E-state index is 0.0268. The Bertz CT molecular complexity index is 1150. The molecule has 3 aromatic rings. The van der Waals surface area contributed by atoms with Crippen LogP contribution >= 0.6 is 0 Å². The van der Waals surface area contributed by atoms with Gasteiger partial charge in [0.15, 0.2) is 5.78 Å². The maximum Gasteiger partial charge on any atom is 0.416 e. The van der Waals surface area contributed by atoms with Crippen molar-refractivity contribution in [1.82, 2.24) is 9.88 Å². The summed E-state index contributed by atoms with van der Waals surface area (Å²) < 4.78 is 39.0. The molecule has 1 N–H and O–H groups in total. The van der Waals surface area contributed by atoms with Gasteiger partial charge >= 0.3 is 6.18 Å². The Morgan fingerprint density at radius 1 is 1.03 bits per heavy atom. The summed E-state index contributed by atoms with van der Waals surface area (Å²) in [6.07, 6.45) is -0.328. The zero-order valence-corrected chi connectivity index (χ0v) is 16.7. The van der Waals surface area contributed by atoms with Crippen molar-refractivity contribution >= 4 is 28.2 Å². The van der Waals surface area contributed by atoms with Crippen LogP contribution in [0.1, 0.15) is 40.7 Å². The first-order valence-corrected chi connectivity index (χ1v) is 10.1. The van der Waals surface area contributed by atoms with Crippen molar-refractivity contribution in [2.75, 3.05) is 13.1 Å². The monoisotopic (exact) mass is 426 g/mol. The van der Waals surface area contributed by atoms with Crippen LogP contribution in [0.3, 0.4) is 0 Å². The van der Waals surface area contributed by atoms with E-state index < -0.39 is 11.7 Å². The van der Waals surface area contributed by atoms with Crippen LogP contribution < -0.4 is 0 Å². The quantitative estimate of drug-likeness (QED) is 0.551. The Morgan fingerprint density at radius 2 is 1.81 bits per heavy atom. The van der Waals surface area contributed by atoms with E-state index in [4.69, 9.17) is 0 Å². The first-order chi connectivity index (χ1) is 14.8. The van der Waals surface area contributed by atoms with Gasteiger partial charge in [0.1, 0.15) is 0 Å². The molecular formula is C24H21F3N2O2. The summed E-state index contributed by atoms with van der Waals surface area (Å²) in [6.45, 7) is 1.06. The normalized spacial score (nSPS) is 14.5. The van der Waals surface area contributed by atoms with Gasteiger partial charge < -0.3 is 9.88 Å². The average Bonchev–Trinajstić information content (AvgIpc) is 3.21. The number of alkyl halides is 3. The lowest BCUT2D eigenvalue weighted by Gasteiger charge is -2.26. The molecule has 2 aromatic carbocycles. The Kier molecular flexibility index (Phi) is 5.67. The standard InChI is InChI=1S/C24H21F3N2O2/c25-24(26,27)18-6-7-21-19(14-18)20(15-28-21)22(30)8-9-23(31)29-12-10-17(11-13-29)16-4-2-1-3-5-16/h1-7,10,14-15,28H,8-9,11-13H2. The number of carbonyl (C=O) groups is 2. The van der Waals surface area contributed by atoms with E-state index in [9.17, 15) is 22.8 Å². The number of rotatable bonds is 5. The van der Waals surface area contributed by atoms with Crippen molar-refractivity contribution < 1.29 is 22.8 Å². The Hall–Kier alpha value is -3.35. The summed E-state index contributed by atoms with van der Waals surface area (Å²) in [6, 6.07) is 13.2. The van der Waals surface area contributed by atoms with Crippen LogP contribution in [0.25, 0.3) is 16.5 Å². The summed E-state index contributed by atoms with van der Waals surface area (Å²) in [5.74, 6) is -0.482. The lowest BCUT2D eigenvalue weighted by molar-refractivity contribution is -0.137. The summed E-state index contributed by atoms with van der Waals surface area (Å²) in [5, 5.41) is 0.223. The highest BCUT2D eigenvalue weighted by atomic mass is 19.4. The first-order valence-electron chi connectivity index (χ1n) is 10.1. The first kappa shape index (κ1) is 20.9. The number of amides is 1. The number of Topliss-reactive ketones (excluding diaryl/α,β-unsaturated/α-hetero) is 1. The predicted octanol–water partition coefficient (Wildman–Crippen LogP) is 5.47. The van der Waals surface area contributed by atoms with E-state index in [2.05, 4.69) is 4.98 Å². The molecule has 1 amide bonds. The third kappa shape index (κ3) is 4.55. The molecule has 4 nitrogen and oxygen atoms in total. The fourth-order valence-electron chi connectivity index (χ4n) is 3.85. The molecule has 0 spiro atoms. The Labute approximate surface area is 177 Å². The summed E-state index contributed by atoms with van der Waals surface area (Å²) >= 11 is 0. The van der Waals surface area contributed by atoms with E-state index >= 15 is 0 Å². The molecule has 0 aliphatic carbocycles. The second-order valence-corrected chi connectivity index (χ2v) is 7.57. The van der Waals surface area contributed by atoms with Crippen molar-refractivity contribution in [3.05, 3.63) is 77.5 Å². The number of hydrogen-bond acceptors (Lipinski definition) is 2. The lowest BCUT2D eigenvalue weighted by atomic mass is 9.99. The van der Waals surface area contributed by atoms with E-state index in [0.717, 1.165) is 24.1 Å². The van der Waals surface area contributed by atoms with Crippen molar-refractivity contribution in [2.24, 2.45) is 0 Å². The second-order valence-electron chi connectivity index (χ2n) is 7.57.